The van der Waals surface area contributed by atoms with E-state index >= 15 is 0 Å². The van der Waals surface area contributed by atoms with Gasteiger partial charge in [0.05, 0.1) is 24.1 Å². The molecular weight excluding hydrogens is 170 g/mol. The van der Waals surface area contributed by atoms with Crippen LogP contribution in [0.3, 0.4) is 0 Å². The van der Waals surface area contributed by atoms with Crippen LogP contribution in [0, 0.1) is 0 Å². The third-order valence-electron chi connectivity index (χ3n) is 1.88. The van der Waals surface area contributed by atoms with E-state index in [9.17, 15) is 0 Å². The molecule has 60 valence electrons. The number of thiocarbonyl (C=S) groups is 1. The first kappa shape index (κ1) is 7.62. The lowest BCUT2D eigenvalue weighted by molar-refractivity contribution is 0.134. The molecule has 0 N–H and O–H groups in total. The quantitative estimate of drug-likeness (QED) is 0.485. The molecule has 3 heteroatoms. The molecule has 0 bridgehead atoms. The molecule has 0 aliphatic carbocycles. The van der Waals surface area contributed by atoms with Gasteiger partial charge in [0.25, 0.3) is 0 Å². The van der Waals surface area contributed by atoms with E-state index in [0.29, 0.717) is 6.61 Å². The molecule has 1 aliphatic rings. The number of fused-ring (bicyclic) bond motifs is 1. The lowest BCUT2D eigenvalue weighted by Crippen LogP contribution is -1.79. The van der Waals surface area contributed by atoms with E-state index in [1.165, 1.54) is 11.1 Å². The van der Waals surface area contributed by atoms with E-state index < -0.39 is 0 Å². The maximum atomic E-state index is 5.26. The summed E-state index contributed by atoms with van der Waals surface area (Å²) in [5.74, 6) is 0. The molecule has 0 atom stereocenters. The van der Waals surface area contributed by atoms with Gasteiger partial charge in [0.2, 0.25) is 0 Å². The van der Waals surface area contributed by atoms with Gasteiger partial charge in [0.1, 0.15) is 0 Å². The average Bonchev–Trinajstić information content (AvgIpc) is 2.51. The van der Waals surface area contributed by atoms with E-state index in [1.807, 2.05) is 18.2 Å². The number of nitrogens with zero attached hydrogens (tertiary/aromatic N) is 1. The Bertz CT molecular complexity index is 356. The summed E-state index contributed by atoms with van der Waals surface area (Å²) in [5.41, 5.74) is 3.31. The molecule has 1 heterocycles. The molecule has 12 heavy (non-hydrogen) atoms. The number of benzene rings is 1. The van der Waals surface area contributed by atoms with Crippen molar-refractivity contribution < 1.29 is 4.74 Å². The molecule has 0 radical (unpaired) electrons. The summed E-state index contributed by atoms with van der Waals surface area (Å²) in [6.45, 7) is 1.41. The van der Waals surface area contributed by atoms with Gasteiger partial charge in [-0.1, -0.05) is 6.07 Å². The van der Waals surface area contributed by atoms with Gasteiger partial charge < -0.3 is 4.74 Å². The van der Waals surface area contributed by atoms with Crippen LogP contribution in [-0.4, -0.2) is 5.16 Å². The van der Waals surface area contributed by atoms with Crippen molar-refractivity contribution in [2.75, 3.05) is 0 Å². The third kappa shape index (κ3) is 1.30. The molecule has 0 aromatic heterocycles. The Kier molecular flexibility index (Phi) is 2.00. The van der Waals surface area contributed by atoms with Gasteiger partial charge in [-0.15, -0.1) is 0 Å². The van der Waals surface area contributed by atoms with Crippen molar-refractivity contribution in [1.82, 2.24) is 0 Å². The molecular formula is C9H7NOS. The topological polar surface area (TPSA) is 21.6 Å². The van der Waals surface area contributed by atoms with Gasteiger partial charge in [0, 0.05) is 0 Å². The smallest absolute Gasteiger partial charge is 0.0743 e. The van der Waals surface area contributed by atoms with E-state index in [1.54, 1.807) is 0 Å². The minimum absolute atomic E-state index is 0.691. The lowest BCUT2D eigenvalue weighted by Gasteiger charge is -1.95. The Morgan fingerprint density at radius 2 is 2.17 bits per heavy atom. The second kappa shape index (κ2) is 3.15. The maximum Gasteiger partial charge on any atom is 0.0743 e. The van der Waals surface area contributed by atoms with Crippen molar-refractivity contribution in [3.8, 4) is 0 Å². The Morgan fingerprint density at radius 1 is 1.33 bits per heavy atom. The number of aliphatic imine (C=N–C) groups is 1. The number of hydrogen-bond acceptors (Lipinski definition) is 3. The molecule has 0 spiro atoms. The molecule has 0 saturated heterocycles. The van der Waals surface area contributed by atoms with E-state index in [0.717, 1.165) is 12.3 Å². The predicted octanol–water partition coefficient (Wildman–Crippen LogP) is 2.45. The van der Waals surface area contributed by atoms with Crippen LogP contribution in [0.25, 0.3) is 0 Å². The van der Waals surface area contributed by atoms with E-state index in [2.05, 4.69) is 22.4 Å². The zero-order chi connectivity index (χ0) is 8.39. The van der Waals surface area contributed by atoms with Crippen molar-refractivity contribution in [3.05, 3.63) is 29.3 Å². The standard InChI is InChI=1S/C9H7NOS/c12-6-10-9-2-1-7-4-11-5-8(7)3-9/h1-3H,4-5H2. The number of rotatable bonds is 1. The second-order valence-corrected chi connectivity index (χ2v) is 2.83. The van der Waals surface area contributed by atoms with Crippen molar-refractivity contribution in [1.29, 1.82) is 0 Å². The van der Waals surface area contributed by atoms with Crippen LogP contribution in [-0.2, 0) is 18.0 Å². The van der Waals surface area contributed by atoms with E-state index in [4.69, 9.17) is 4.74 Å². The average molecular weight is 177 g/mol. The SMILES string of the molecule is S=C=Nc1ccc2c(c1)COC2. The first-order valence-electron chi connectivity index (χ1n) is 3.67. The Labute approximate surface area is 75.9 Å². The van der Waals surface area contributed by atoms with Crippen molar-refractivity contribution in [3.63, 3.8) is 0 Å². The highest BCUT2D eigenvalue weighted by atomic mass is 32.1. The summed E-state index contributed by atoms with van der Waals surface area (Å²) in [7, 11) is 0. The normalized spacial score (nSPS) is 13.7. The fourth-order valence-electron chi connectivity index (χ4n) is 1.28. The monoisotopic (exact) mass is 177 g/mol. The van der Waals surface area contributed by atoms with Gasteiger partial charge in [-0.2, -0.15) is 4.99 Å². The fraction of sp³-hybridized carbons (Fsp3) is 0.222. The summed E-state index contributed by atoms with van der Waals surface area (Å²) >= 11 is 4.51. The van der Waals surface area contributed by atoms with Crippen molar-refractivity contribution in [2.45, 2.75) is 13.2 Å². The first-order valence-corrected chi connectivity index (χ1v) is 4.08. The van der Waals surface area contributed by atoms with Crippen molar-refractivity contribution in [2.24, 2.45) is 4.99 Å². The molecule has 0 amide bonds. The van der Waals surface area contributed by atoms with Crippen LogP contribution in [0.1, 0.15) is 11.1 Å². The van der Waals surface area contributed by atoms with Crippen LogP contribution in [0.5, 0.6) is 0 Å². The highest BCUT2D eigenvalue weighted by Crippen LogP contribution is 2.24. The summed E-state index contributed by atoms with van der Waals surface area (Å²) in [6, 6.07) is 5.93. The van der Waals surface area contributed by atoms with Crippen LogP contribution >= 0.6 is 12.2 Å². The summed E-state index contributed by atoms with van der Waals surface area (Å²) < 4.78 is 5.26. The first-order chi connectivity index (χ1) is 5.90. The Morgan fingerprint density at radius 3 is 3.00 bits per heavy atom. The molecule has 0 fully saturated rings. The summed E-state index contributed by atoms with van der Waals surface area (Å²) in [5, 5.41) is 2.34. The lowest BCUT2D eigenvalue weighted by atomic mass is 10.1. The van der Waals surface area contributed by atoms with Crippen LogP contribution in [0.15, 0.2) is 23.2 Å². The van der Waals surface area contributed by atoms with Gasteiger partial charge in [0.15, 0.2) is 0 Å². The zero-order valence-electron chi connectivity index (χ0n) is 6.41. The highest BCUT2D eigenvalue weighted by Gasteiger charge is 2.10. The Hall–Kier alpha value is -1.02. The highest BCUT2D eigenvalue weighted by molar-refractivity contribution is 7.78. The largest absolute Gasteiger partial charge is 0.372 e. The molecule has 0 unspecified atom stereocenters. The van der Waals surface area contributed by atoms with Gasteiger partial charge in [-0.3, -0.25) is 0 Å². The predicted molar refractivity (Wildman–Crippen MR) is 49.6 cm³/mol. The minimum Gasteiger partial charge on any atom is -0.372 e. The molecule has 1 aromatic carbocycles. The third-order valence-corrected chi connectivity index (χ3v) is 1.97. The molecule has 0 saturated carbocycles. The summed E-state index contributed by atoms with van der Waals surface area (Å²) in [4.78, 5) is 3.89. The van der Waals surface area contributed by atoms with Crippen LogP contribution in [0.4, 0.5) is 5.69 Å². The molecule has 1 aliphatic heterocycles. The minimum atomic E-state index is 0.691. The fourth-order valence-corrected chi connectivity index (χ4v) is 1.39. The van der Waals surface area contributed by atoms with Crippen LogP contribution in [0.2, 0.25) is 0 Å². The number of isothiocyanates is 1. The zero-order valence-corrected chi connectivity index (χ0v) is 7.23. The maximum absolute atomic E-state index is 5.26. The molecule has 2 rings (SSSR count). The van der Waals surface area contributed by atoms with Gasteiger partial charge in [-0.25, -0.2) is 0 Å². The van der Waals surface area contributed by atoms with Crippen molar-refractivity contribution >= 4 is 23.1 Å². The van der Waals surface area contributed by atoms with Crippen LogP contribution < -0.4 is 0 Å². The molecule has 1 aromatic rings. The number of ether oxygens (including phenoxy) is 1. The van der Waals surface area contributed by atoms with E-state index in [-0.39, 0.29) is 0 Å². The Balaban J connectivity index is 2.45. The summed E-state index contributed by atoms with van der Waals surface area (Å²) in [6.07, 6.45) is 0. The van der Waals surface area contributed by atoms with Gasteiger partial charge >= 0.3 is 0 Å². The second-order valence-electron chi connectivity index (χ2n) is 2.65. The van der Waals surface area contributed by atoms with Gasteiger partial charge in [-0.05, 0) is 35.5 Å². The number of hydrogen-bond donors (Lipinski definition) is 0. The molecule has 2 nitrogen and oxygen atoms in total.